The molecule has 0 amide bonds. The molecule has 2 saturated heterocycles. The van der Waals surface area contributed by atoms with Gasteiger partial charge in [0.15, 0.2) is 19.7 Å². The number of hydrogen-bond donors (Lipinski definition) is 0. The van der Waals surface area contributed by atoms with Crippen LogP contribution >= 0.6 is 0 Å². The minimum Gasteiger partial charge on any atom is -0.379 e. The van der Waals surface area contributed by atoms with Gasteiger partial charge in [-0.15, -0.1) is 0 Å². The molecule has 0 spiro atoms. The lowest BCUT2D eigenvalue weighted by Crippen LogP contribution is -2.50. The summed E-state index contributed by atoms with van der Waals surface area (Å²) < 4.78 is 68.9. The van der Waals surface area contributed by atoms with Gasteiger partial charge in [-0.05, 0) is 30.7 Å². The Hall–Kier alpha value is -1.03. The molecule has 0 aromatic heterocycles. The van der Waals surface area contributed by atoms with Crippen molar-refractivity contribution >= 4 is 19.7 Å². The number of aryl methyl sites for hydroxylation is 1. The first kappa shape index (κ1) is 17.8. The zero-order chi connectivity index (χ0) is 17.5. The first-order valence-electron chi connectivity index (χ1n) is 7.73. The molecule has 1 aromatic carbocycles. The smallest absolute Gasteiger partial charge is 0.183 e. The van der Waals surface area contributed by atoms with E-state index >= 15 is 0 Å². The number of hydrogen-bond acceptors (Lipinski definition) is 6. The van der Waals surface area contributed by atoms with Crippen molar-refractivity contribution in [1.82, 2.24) is 4.90 Å². The number of rotatable bonds is 3. The van der Waals surface area contributed by atoms with Crippen LogP contribution in [0.1, 0.15) is 5.56 Å². The van der Waals surface area contributed by atoms with Crippen molar-refractivity contribution in [2.75, 3.05) is 37.8 Å². The van der Waals surface area contributed by atoms with Crippen LogP contribution < -0.4 is 0 Å². The largest absolute Gasteiger partial charge is 0.379 e. The van der Waals surface area contributed by atoms with Crippen molar-refractivity contribution in [1.29, 1.82) is 0 Å². The summed E-state index contributed by atoms with van der Waals surface area (Å²) in [5.41, 5.74) is 0.222. The first-order chi connectivity index (χ1) is 11.2. The van der Waals surface area contributed by atoms with Gasteiger partial charge < -0.3 is 4.74 Å². The molecule has 1 aromatic rings. The highest BCUT2D eigenvalue weighted by molar-refractivity contribution is 7.96. The molecule has 2 fully saturated rings. The maximum Gasteiger partial charge on any atom is 0.183 e. The van der Waals surface area contributed by atoms with Crippen LogP contribution in [0.5, 0.6) is 0 Å². The topological polar surface area (TPSA) is 80.8 Å². The van der Waals surface area contributed by atoms with E-state index in [0.29, 0.717) is 26.3 Å². The van der Waals surface area contributed by atoms with E-state index in [1.165, 1.54) is 19.1 Å². The van der Waals surface area contributed by atoms with Crippen LogP contribution in [0, 0.1) is 12.7 Å². The van der Waals surface area contributed by atoms with Crippen LogP contribution in [0.25, 0.3) is 0 Å². The van der Waals surface area contributed by atoms with Gasteiger partial charge in [0, 0.05) is 19.1 Å². The van der Waals surface area contributed by atoms with Crippen molar-refractivity contribution in [2.45, 2.75) is 23.1 Å². The molecule has 2 aliphatic rings. The Balaban J connectivity index is 1.98. The Labute approximate surface area is 141 Å². The molecule has 0 aliphatic carbocycles. The molecule has 0 saturated carbocycles. The quantitative estimate of drug-likeness (QED) is 0.710. The summed E-state index contributed by atoms with van der Waals surface area (Å²) in [6.45, 7) is 3.42. The molecule has 134 valence electrons. The van der Waals surface area contributed by atoms with Crippen molar-refractivity contribution in [3.63, 3.8) is 0 Å². The minimum absolute atomic E-state index is 0.0261. The number of sulfone groups is 2. The molecule has 2 heterocycles. The lowest BCUT2D eigenvalue weighted by atomic mass is 10.2. The van der Waals surface area contributed by atoms with Gasteiger partial charge in [-0.2, -0.15) is 0 Å². The van der Waals surface area contributed by atoms with Crippen LogP contribution in [-0.4, -0.2) is 70.8 Å². The summed E-state index contributed by atoms with van der Waals surface area (Å²) in [6.07, 6.45) is 0. The van der Waals surface area contributed by atoms with Gasteiger partial charge in [0.2, 0.25) is 0 Å². The Morgan fingerprint density at radius 1 is 1.21 bits per heavy atom. The van der Waals surface area contributed by atoms with Gasteiger partial charge >= 0.3 is 0 Å². The van der Waals surface area contributed by atoms with Crippen molar-refractivity contribution < 1.29 is 26.0 Å². The minimum atomic E-state index is -3.88. The predicted molar refractivity (Wildman–Crippen MR) is 86.9 cm³/mol. The predicted octanol–water partition coefficient (Wildman–Crippen LogP) is 0.406. The highest BCUT2D eigenvalue weighted by Crippen LogP contribution is 2.30. The number of halogens is 1. The molecule has 6 nitrogen and oxygen atoms in total. The van der Waals surface area contributed by atoms with Crippen molar-refractivity contribution in [2.24, 2.45) is 0 Å². The molecule has 2 atom stereocenters. The third-order valence-electron chi connectivity index (χ3n) is 4.64. The van der Waals surface area contributed by atoms with Crippen LogP contribution in [0.2, 0.25) is 0 Å². The van der Waals surface area contributed by atoms with Gasteiger partial charge in [0.1, 0.15) is 5.82 Å². The molecule has 0 unspecified atom stereocenters. The molecular weight excluding hydrogens is 357 g/mol. The maximum absolute atomic E-state index is 13.4. The fourth-order valence-corrected chi connectivity index (χ4v) is 8.22. The highest BCUT2D eigenvalue weighted by Gasteiger charge is 2.48. The number of nitrogens with zero attached hydrogens (tertiary/aromatic N) is 1. The van der Waals surface area contributed by atoms with E-state index in [9.17, 15) is 21.2 Å². The average Bonchev–Trinajstić information content (AvgIpc) is 2.87. The van der Waals surface area contributed by atoms with E-state index in [0.717, 1.165) is 6.07 Å². The van der Waals surface area contributed by atoms with Gasteiger partial charge in [-0.1, -0.05) is 0 Å². The maximum atomic E-state index is 13.4. The molecule has 0 N–H and O–H groups in total. The van der Waals surface area contributed by atoms with Crippen LogP contribution in [0.4, 0.5) is 4.39 Å². The van der Waals surface area contributed by atoms with Gasteiger partial charge in [0.25, 0.3) is 0 Å². The molecule has 0 radical (unpaired) electrons. The Morgan fingerprint density at radius 2 is 1.88 bits per heavy atom. The third-order valence-corrected chi connectivity index (χ3v) is 8.76. The van der Waals surface area contributed by atoms with Gasteiger partial charge in [0.05, 0.1) is 34.9 Å². The summed E-state index contributed by atoms with van der Waals surface area (Å²) in [5.74, 6) is -1.05. The van der Waals surface area contributed by atoms with E-state index in [2.05, 4.69) is 0 Å². The normalized spacial score (nSPS) is 28.1. The molecular formula is C15H20FNO5S2. The van der Waals surface area contributed by atoms with E-state index in [1.807, 2.05) is 4.90 Å². The molecule has 9 heteroatoms. The standard InChI is InChI=1S/C15H20FNO5S2/c1-11-8-12(2-3-13(11)16)24(20,21)15-10-23(18,19)9-14(15)17-4-6-22-7-5-17/h2-3,8,14-15H,4-7,9-10H2,1H3/t14-,15-/m1/s1. The fraction of sp³-hybridized carbons (Fsp3) is 0.600. The van der Waals surface area contributed by atoms with Crippen LogP contribution in [0.15, 0.2) is 23.1 Å². The summed E-state index contributed by atoms with van der Waals surface area (Å²) in [5, 5.41) is -1.04. The fourth-order valence-electron chi connectivity index (χ4n) is 3.31. The Kier molecular flexibility index (Phi) is 4.71. The summed E-state index contributed by atoms with van der Waals surface area (Å²) in [6, 6.07) is 3.00. The SMILES string of the molecule is Cc1cc(S(=O)(=O)[C@@H]2CS(=O)(=O)C[C@H]2N2CCOCC2)ccc1F. The van der Waals surface area contributed by atoms with Gasteiger partial charge in [-0.3, -0.25) is 4.90 Å². The second kappa shape index (κ2) is 6.36. The zero-order valence-corrected chi connectivity index (χ0v) is 14.9. The molecule has 0 bridgehead atoms. The average molecular weight is 377 g/mol. The lowest BCUT2D eigenvalue weighted by Gasteiger charge is -2.34. The Bertz CT molecular complexity index is 831. The van der Waals surface area contributed by atoms with Crippen LogP contribution in [0.3, 0.4) is 0 Å². The summed E-state index contributed by atoms with van der Waals surface area (Å²) in [7, 11) is -7.31. The van der Waals surface area contributed by atoms with Crippen molar-refractivity contribution in [3.8, 4) is 0 Å². The molecule has 24 heavy (non-hydrogen) atoms. The lowest BCUT2D eigenvalue weighted by molar-refractivity contribution is 0.0222. The monoisotopic (exact) mass is 377 g/mol. The zero-order valence-electron chi connectivity index (χ0n) is 13.3. The summed E-state index contributed by atoms with van der Waals surface area (Å²) >= 11 is 0. The second-order valence-corrected chi connectivity index (χ2v) is 10.6. The van der Waals surface area contributed by atoms with Crippen molar-refractivity contribution in [3.05, 3.63) is 29.6 Å². The highest BCUT2D eigenvalue weighted by atomic mass is 32.2. The second-order valence-electron chi connectivity index (χ2n) is 6.29. The van der Waals surface area contributed by atoms with Crippen LogP contribution in [-0.2, 0) is 24.4 Å². The summed E-state index contributed by atoms with van der Waals surface area (Å²) in [4.78, 5) is 1.86. The number of benzene rings is 1. The first-order valence-corrected chi connectivity index (χ1v) is 11.1. The number of ether oxygens (including phenoxy) is 1. The van der Waals surface area contributed by atoms with E-state index in [4.69, 9.17) is 4.74 Å². The Morgan fingerprint density at radius 3 is 2.50 bits per heavy atom. The molecule has 3 rings (SSSR count). The van der Waals surface area contributed by atoms with E-state index in [1.54, 1.807) is 0 Å². The van der Waals surface area contributed by atoms with E-state index < -0.39 is 42.5 Å². The number of morpholine rings is 1. The van der Waals surface area contributed by atoms with E-state index in [-0.39, 0.29) is 16.2 Å². The molecule has 2 aliphatic heterocycles. The van der Waals surface area contributed by atoms with Gasteiger partial charge in [-0.25, -0.2) is 21.2 Å². The third kappa shape index (κ3) is 3.35.